The lowest BCUT2D eigenvalue weighted by Gasteiger charge is -2.23. The quantitative estimate of drug-likeness (QED) is 0.414. The molecule has 0 saturated heterocycles. The van der Waals surface area contributed by atoms with Crippen LogP contribution in [0.15, 0.2) is 24.3 Å². The summed E-state index contributed by atoms with van der Waals surface area (Å²) < 4.78 is 26.7. The SMILES string of the molecule is O=[PH](O)OC(O)(c1ccc(I)cc1)[PH](=O)O. The molecular formula is C7H9IO6P2. The lowest BCUT2D eigenvalue weighted by molar-refractivity contribution is -0.0741. The van der Waals surface area contributed by atoms with Crippen LogP contribution in [0.25, 0.3) is 0 Å². The van der Waals surface area contributed by atoms with Crippen molar-refractivity contribution in [2.24, 2.45) is 0 Å². The highest BCUT2D eigenvalue weighted by atomic mass is 127. The molecule has 0 heterocycles. The molecule has 0 bridgehead atoms. The molecule has 0 aliphatic carbocycles. The topological polar surface area (TPSA) is 104 Å². The van der Waals surface area contributed by atoms with Crippen molar-refractivity contribution in [1.29, 1.82) is 0 Å². The van der Waals surface area contributed by atoms with Gasteiger partial charge in [0.25, 0.3) is 13.6 Å². The molecule has 0 aromatic heterocycles. The maximum absolute atomic E-state index is 11.0. The summed E-state index contributed by atoms with van der Waals surface area (Å²) in [6.07, 6.45) is 0. The minimum atomic E-state index is -3.59. The average Bonchev–Trinajstić information content (AvgIpc) is 2.17. The summed E-state index contributed by atoms with van der Waals surface area (Å²) in [5.41, 5.74) is -2.65. The van der Waals surface area contributed by atoms with Gasteiger partial charge in [0.1, 0.15) is 0 Å². The minimum absolute atomic E-state index is 0.0355. The standard InChI is InChI=1S/C7H9IO6P2/c8-6-3-1-5(2-4-6)7(9,15(10)11)14-16(12)13/h1-4,9,15-16H,(H,10,11)(H,12,13). The van der Waals surface area contributed by atoms with Crippen molar-refractivity contribution in [3.8, 4) is 0 Å². The Kier molecular flexibility index (Phi) is 5.12. The highest BCUT2D eigenvalue weighted by Gasteiger charge is 2.38. The summed E-state index contributed by atoms with van der Waals surface area (Å²) in [4.78, 5) is 17.6. The van der Waals surface area contributed by atoms with Crippen LogP contribution in [-0.2, 0) is 19.2 Å². The molecule has 0 radical (unpaired) electrons. The van der Waals surface area contributed by atoms with Gasteiger partial charge in [-0.2, -0.15) is 0 Å². The fourth-order valence-electron chi connectivity index (χ4n) is 1.03. The molecule has 0 saturated carbocycles. The van der Waals surface area contributed by atoms with E-state index in [1.807, 2.05) is 22.6 Å². The van der Waals surface area contributed by atoms with Gasteiger partial charge in [-0.15, -0.1) is 0 Å². The van der Waals surface area contributed by atoms with E-state index in [0.29, 0.717) is 0 Å². The Morgan fingerprint density at radius 1 is 1.19 bits per heavy atom. The first-order valence-electron chi connectivity index (χ1n) is 4.00. The van der Waals surface area contributed by atoms with Gasteiger partial charge in [-0.25, -0.2) is 0 Å². The molecule has 0 aliphatic rings. The van der Waals surface area contributed by atoms with E-state index in [1.165, 1.54) is 12.1 Å². The highest BCUT2D eigenvalue weighted by molar-refractivity contribution is 14.1. The molecule has 3 unspecified atom stereocenters. The third kappa shape index (κ3) is 3.37. The van der Waals surface area contributed by atoms with Crippen LogP contribution in [-0.4, -0.2) is 14.9 Å². The highest BCUT2D eigenvalue weighted by Crippen LogP contribution is 2.47. The third-order valence-corrected chi connectivity index (χ3v) is 4.12. The van der Waals surface area contributed by atoms with Crippen LogP contribution < -0.4 is 0 Å². The summed E-state index contributed by atoms with van der Waals surface area (Å²) in [6, 6.07) is 5.85. The van der Waals surface area contributed by atoms with E-state index in [4.69, 9.17) is 9.79 Å². The fourth-order valence-corrected chi connectivity index (χ4v) is 2.78. The number of aliphatic hydroxyl groups is 1. The second-order valence-corrected chi connectivity index (χ2v) is 6.09. The molecule has 1 aromatic rings. The monoisotopic (exact) mass is 378 g/mol. The zero-order valence-corrected chi connectivity index (χ0v) is 11.9. The molecule has 0 spiro atoms. The Morgan fingerprint density at radius 2 is 1.69 bits per heavy atom. The third-order valence-electron chi connectivity index (χ3n) is 1.76. The number of hydrogen-bond acceptors (Lipinski definition) is 4. The second kappa shape index (κ2) is 5.73. The Morgan fingerprint density at radius 3 is 2.06 bits per heavy atom. The number of rotatable bonds is 4. The summed E-state index contributed by atoms with van der Waals surface area (Å²) in [7, 11) is -7.11. The van der Waals surface area contributed by atoms with Gasteiger partial charge in [-0.05, 0) is 34.7 Å². The molecule has 1 aromatic carbocycles. The largest absolute Gasteiger partial charge is 0.354 e. The molecule has 0 aliphatic heterocycles. The summed E-state index contributed by atoms with van der Waals surface area (Å²) >= 11 is 2.01. The van der Waals surface area contributed by atoms with E-state index >= 15 is 0 Å². The molecule has 1 rings (SSSR count). The van der Waals surface area contributed by atoms with Crippen LogP contribution in [0.5, 0.6) is 0 Å². The molecule has 16 heavy (non-hydrogen) atoms. The van der Waals surface area contributed by atoms with Crippen LogP contribution in [0.1, 0.15) is 5.56 Å². The zero-order valence-electron chi connectivity index (χ0n) is 7.75. The molecule has 3 N–H and O–H groups in total. The van der Waals surface area contributed by atoms with Crippen molar-refractivity contribution < 1.29 is 28.5 Å². The smallest absolute Gasteiger partial charge is 0.319 e. The molecule has 90 valence electrons. The normalized spacial score (nSPS) is 18.8. The second-order valence-electron chi connectivity index (χ2n) is 2.82. The van der Waals surface area contributed by atoms with Crippen LogP contribution in [0.2, 0.25) is 0 Å². The van der Waals surface area contributed by atoms with Gasteiger partial charge < -0.3 is 14.9 Å². The van der Waals surface area contributed by atoms with Crippen LogP contribution in [0.4, 0.5) is 0 Å². The number of benzene rings is 1. The van der Waals surface area contributed by atoms with Crippen molar-refractivity contribution >= 4 is 38.9 Å². The Bertz CT molecular complexity index is 421. The van der Waals surface area contributed by atoms with E-state index in [-0.39, 0.29) is 5.56 Å². The Balaban J connectivity index is 3.16. The predicted molar refractivity (Wildman–Crippen MR) is 66.6 cm³/mol. The van der Waals surface area contributed by atoms with Crippen molar-refractivity contribution in [3.63, 3.8) is 0 Å². The summed E-state index contributed by atoms with van der Waals surface area (Å²) in [5.74, 6) is 0. The van der Waals surface area contributed by atoms with E-state index in [0.717, 1.165) is 3.57 Å². The van der Waals surface area contributed by atoms with E-state index in [1.54, 1.807) is 12.1 Å². The molecule has 0 fully saturated rings. The fraction of sp³-hybridized carbons (Fsp3) is 0.143. The van der Waals surface area contributed by atoms with Gasteiger partial charge in [0.15, 0.2) is 0 Å². The van der Waals surface area contributed by atoms with Crippen LogP contribution in [0.3, 0.4) is 0 Å². The first-order valence-corrected chi connectivity index (χ1v) is 7.70. The van der Waals surface area contributed by atoms with Crippen molar-refractivity contribution in [2.75, 3.05) is 0 Å². The first kappa shape index (κ1) is 14.3. The molecule has 9 heteroatoms. The average molecular weight is 378 g/mol. The van der Waals surface area contributed by atoms with Gasteiger partial charge in [-0.3, -0.25) is 13.7 Å². The molecule has 6 nitrogen and oxygen atoms in total. The van der Waals surface area contributed by atoms with E-state index in [9.17, 15) is 14.2 Å². The van der Waals surface area contributed by atoms with Crippen molar-refractivity contribution in [2.45, 2.75) is 5.53 Å². The van der Waals surface area contributed by atoms with Crippen LogP contribution in [0, 0.1) is 3.57 Å². The van der Waals surface area contributed by atoms with E-state index < -0.39 is 21.8 Å². The minimum Gasteiger partial charge on any atom is -0.354 e. The first-order chi connectivity index (χ1) is 7.36. The van der Waals surface area contributed by atoms with Gasteiger partial charge in [-0.1, -0.05) is 12.1 Å². The van der Waals surface area contributed by atoms with Crippen molar-refractivity contribution in [3.05, 3.63) is 33.4 Å². The predicted octanol–water partition coefficient (Wildman–Crippen LogP) is 1.26. The van der Waals surface area contributed by atoms with Gasteiger partial charge in [0.05, 0.1) is 0 Å². The lowest BCUT2D eigenvalue weighted by Crippen LogP contribution is -2.22. The molecule has 0 amide bonds. The van der Waals surface area contributed by atoms with Gasteiger partial charge in [0, 0.05) is 9.13 Å². The summed E-state index contributed by atoms with van der Waals surface area (Å²) in [6.45, 7) is 0. The maximum Gasteiger partial charge on any atom is 0.319 e. The van der Waals surface area contributed by atoms with Crippen molar-refractivity contribution in [1.82, 2.24) is 0 Å². The maximum atomic E-state index is 11.0. The Labute approximate surface area is 106 Å². The van der Waals surface area contributed by atoms with Gasteiger partial charge in [0.2, 0.25) is 0 Å². The Hall–Kier alpha value is 0.250. The van der Waals surface area contributed by atoms with Gasteiger partial charge >= 0.3 is 8.25 Å². The molecule has 3 atom stereocenters. The summed E-state index contributed by atoms with van der Waals surface area (Å²) in [5, 5.41) is 9.74. The van der Waals surface area contributed by atoms with Crippen LogP contribution >= 0.6 is 38.9 Å². The number of hydrogen-bond donors (Lipinski definition) is 3. The van der Waals surface area contributed by atoms with E-state index in [2.05, 4.69) is 4.52 Å². The zero-order chi connectivity index (χ0) is 12.3. The lowest BCUT2D eigenvalue weighted by atomic mass is 10.2. The number of halogens is 1. The molecular weight excluding hydrogens is 369 g/mol.